The molecule has 1 amide bonds. The average molecular weight is 208 g/mol. The first kappa shape index (κ1) is 9.85. The predicted octanol–water partition coefficient (Wildman–Crippen LogP) is -0.451. The van der Waals surface area contributed by atoms with Crippen LogP contribution in [0.4, 0.5) is 5.82 Å². The fraction of sp³-hybridized carbons (Fsp3) is 0.444. The van der Waals surface area contributed by atoms with E-state index in [9.17, 15) is 4.79 Å². The summed E-state index contributed by atoms with van der Waals surface area (Å²) in [7, 11) is 1.51. The second kappa shape index (κ2) is 3.82. The SMILES string of the molecule is COc1cnc(N2CC(N)CC2=O)cn1. The predicted molar refractivity (Wildman–Crippen MR) is 53.5 cm³/mol. The van der Waals surface area contributed by atoms with Gasteiger partial charge >= 0.3 is 0 Å². The van der Waals surface area contributed by atoms with Crippen molar-refractivity contribution in [2.24, 2.45) is 5.73 Å². The van der Waals surface area contributed by atoms with Crippen LogP contribution in [-0.2, 0) is 4.79 Å². The molecule has 0 aromatic carbocycles. The van der Waals surface area contributed by atoms with E-state index in [1.807, 2.05) is 0 Å². The highest BCUT2D eigenvalue weighted by molar-refractivity contribution is 5.95. The van der Waals surface area contributed by atoms with Gasteiger partial charge in [-0.05, 0) is 0 Å². The van der Waals surface area contributed by atoms with Crippen LogP contribution in [0.1, 0.15) is 6.42 Å². The minimum Gasteiger partial charge on any atom is -0.480 e. The minimum atomic E-state index is -0.110. The van der Waals surface area contributed by atoms with Gasteiger partial charge in [0.1, 0.15) is 0 Å². The number of hydrogen-bond donors (Lipinski definition) is 1. The van der Waals surface area contributed by atoms with Crippen molar-refractivity contribution in [1.82, 2.24) is 9.97 Å². The number of rotatable bonds is 2. The van der Waals surface area contributed by atoms with Crippen molar-refractivity contribution in [3.63, 3.8) is 0 Å². The lowest BCUT2D eigenvalue weighted by Crippen LogP contribution is -2.28. The van der Waals surface area contributed by atoms with Crippen molar-refractivity contribution >= 4 is 11.7 Å². The molecule has 2 rings (SSSR count). The fourth-order valence-corrected chi connectivity index (χ4v) is 1.51. The number of carbonyl (C=O) groups excluding carboxylic acids is 1. The van der Waals surface area contributed by atoms with Gasteiger partial charge in [-0.1, -0.05) is 0 Å². The molecule has 1 aromatic rings. The van der Waals surface area contributed by atoms with E-state index >= 15 is 0 Å². The molecule has 0 bridgehead atoms. The maximum absolute atomic E-state index is 11.5. The molecule has 1 aromatic heterocycles. The first-order chi connectivity index (χ1) is 7.20. The lowest BCUT2D eigenvalue weighted by atomic mass is 10.3. The van der Waals surface area contributed by atoms with Crippen LogP contribution >= 0.6 is 0 Å². The topological polar surface area (TPSA) is 81.3 Å². The normalized spacial score (nSPS) is 20.8. The molecule has 1 unspecified atom stereocenters. The van der Waals surface area contributed by atoms with Gasteiger partial charge in [0.15, 0.2) is 5.82 Å². The highest BCUT2D eigenvalue weighted by Gasteiger charge is 2.28. The Labute approximate surface area is 87.1 Å². The average Bonchev–Trinajstić information content (AvgIpc) is 2.58. The number of ether oxygens (including phenoxy) is 1. The zero-order valence-corrected chi connectivity index (χ0v) is 8.38. The zero-order valence-electron chi connectivity index (χ0n) is 8.38. The van der Waals surface area contributed by atoms with Gasteiger partial charge in [-0.2, -0.15) is 0 Å². The molecule has 6 heteroatoms. The van der Waals surface area contributed by atoms with Gasteiger partial charge in [0, 0.05) is 19.0 Å². The summed E-state index contributed by atoms with van der Waals surface area (Å²) in [6.07, 6.45) is 3.36. The molecule has 2 heterocycles. The molecule has 1 saturated heterocycles. The number of methoxy groups -OCH3 is 1. The van der Waals surface area contributed by atoms with Crippen LogP contribution in [0.15, 0.2) is 12.4 Å². The van der Waals surface area contributed by atoms with Crippen LogP contribution in [0.2, 0.25) is 0 Å². The van der Waals surface area contributed by atoms with Gasteiger partial charge in [-0.3, -0.25) is 9.69 Å². The first-order valence-electron chi connectivity index (χ1n) is 4.62. The number of carbonyl (C=O) groups is 1. The quantitative estimate of drug-likeness (QED) is 0.711. The van der Waals surface area contributed by atoms with Crippen molar-refractivity contribution in [3.05, 3.63) is 12.4 Å². The van der Waals surface area contributed by atoms with Crippen LogP contribution in [-0.4, -0.2) is 35.6 Å². The molecule has 1 aliphatic heterocycles. The first-order valence-corrected chi connectivity index (χ1v) is 4.62. The van der Waals surface area contributed by atoms with E-state index in [1.165, 1.54) is 24.4 Å². The molecule has 1 aliphatic rings. The van der Waals surface area contributed by atoms with Crippen LogP contribution in [0.5, 0.6) is 5.88 Å². The Hall–Kier alpha value is -1.69. The van der Waals surface area contributed by atoms with Crippen LogP contribution in [0.3, 0.4) is 0 Å². The highest BCUT2D eigenvalue weighted by atomic mass is 16.5. The number of anilines is 1. The summed E-state index contributed by atoms with van der Waals surface area (Å²) >= 11 is 0. The van der Waals surface area contributed by atoms with Gasteiger partial charge < -0.3 is 10.5 Å². The van der Waals surface area contributed by atoms with E-state index in [1.54, 1.807) is 0 Å². The van der Waals surface area contributed by atoms with Crippen molar-refractivity contribution in [2.45, 2.75) is 12.5 Å². The zero-order chi connectivity index (χ0) is 10.8. The third kappa shape index (κ3) is 1.89. The van der Waals surface area contributed by atoms with E-state index in [-0.39, 0.29) is 11.9 Å². The summed E-state index contributed by atoms with van der Waals surface area (Å²) in [5.41, 5.74) is 5.67. The largest absolute Gasteiger partial charge is 0.480 e. The Morgan fingerprint density at radius 3 is 2.80 bits per heavy atom. The van der Waals surface area contributed by atoms with Gasteiger partial charge in [0.2, 0.25) is 11.8 Å². The molecule has 2 N–H and O–H groups in total. The van der Waals surface area contributed by atoms with E-state index < -0.39 is 0 Å². The lowest BCUT2D eigenvalue weighted by Gasteiger charge is -2.13. The fourth-order valence-electron chi connectivity index (χ4n) is 1.51. The molecule has 0 aliphatic carbocycles. The number of nitrogens with zero attached hydrogens (tertiary/aromatic N) is 3. The molecule has 80 valence electrons. The second-order valence-corrected chi connectivity index (χ2v) is 3.39. The van der Waals surface area contributed by atoms with Crippen molar-refractivity contribution < 1.29 is 9.53 Å². The summed E-state index contributed by atoms with van der Waals surface area (Å²) in [5, 5.41) is 0. The summed E-state index contributed by atoms with van der Waals surface area (Å²) < 4.78 is 4.88. The molecule has 0 saturated carbocycles. The van der Waals surface area contributed by atoms with E-state index in [4.69, 9.17) is 10.5 Å². The van der Waals surface area contributed by atoms with Crippen LogP contribution in [0, 0.1) is 0 Å². The molecular formula is C9H12N4O2. The Bertz CT molecular complexity index is 365. The van der Waals surface area contributed by atoms with E-state index in [0.717, 1.165) is 0 Å². The Kier molecular flexibility index (Phi) is 2.51. The van der Waals surface area contributed by atoms with Gasteiger partial charge in [0.25, 0.3) is 0 Å². The Morgan fingerprint density at radius 1 is 1.53 bits per heavy atom. The van der Waals surface area contributed by atoms with E-state index in [2.05, 4.69) is 9.97 Å². The molecule has 0 radical (unpaired) electrons. The summed E-state index contributed by atoms with van der Waals surface area (Å²) in [5.74, 6) is 0.936. The maximum Gasteiger partial charge on any atom is 0.232 e. The molecule has 1 fully saturated rings. The number of hydrogen-bond acceptors (Lipinski definition) is 5. The van der Waals surface area contributed by atoms with Gasteiger partial charge in [-0.25, -0.2) is 9.97 Å². The monoisotopic (exact) mass is 208 g/mol. The Morgan fingerprint density at radius 2 is 2.33 bits per heavy atom. The smallest absolute Gasteiger partial charge is 0.232 e. The lowest BCUT2D eigenvalue weighted by molar-refractivity contribution is -0.117. The highest BCUT2D eigenvalue weighted by Crippen LogP contribution is 2.18. The number of aromatic nitrogens is 2. The Balaban J connectivity index is 2.19. The van der Waals surface area contributed by atoms with Crippen molar-refractivity contribution in [3.8, 4) is 5.88 Å². The van der Waals surface area contributed by atoms with Gasteiger partial charge in [-0.15, -0.1) is 0 Å². The molecule has 15 heavy (non-hydrogen) atoms. The summed E-state index contributed by atoms with van der Waals surface area (Å²) in [6, 6.07) is -0.110. The third-order valence-corrected chi connectivity index (χ3v) is 2.26. The molecular weight excluding hydrogens is 196 g/mol. The molecule has 0 spiro atoms. The maximum atomic E-state index is 11.5. The third-order valence-electron chi connectivity index (χ3n) is 2.26. The molecule has 6 nitrogen and oxygen atoms in total. The van der Waals surface area contributed by atoms with Crippen LogP contribution in [0.25, 0.3) is 0 Å². The molecule has 1 atom stereocenters. The van der Waals surface area contributed by atoms with Crippen molar-refractivity contribution in [1.29, 1.82) is 0 Å². The van der Waals surface area contributed by atoms with E-state index in [0.29, 0.717) is 24.7 Å². The standard InChI is InChI=1S/C9H12N4O2/c1-15-8-4-11-7(3-12-8)13-5-6(10)2-9(13)14/h3-4,6H,2,5,10H2,1H3. The summed E-state index contributed by atoms with van der Waals surface area (Å²) in [6.45, 7) is 0.500. The van der Waals surface area contributed by atoms with Crippen LogP contribution < -0.4 is 15.4 Å². The summed E-state index contributed by atoms with van der Waals surface area (Å²) in [4.78, 5) is 21.1. The minimum absolute atomic E-state index is 0.0121. The number of nitrogens with two attached hydrogens (primary N) is 1. The van der Waals surface area contributed by atoms with Crippen molar-refractivity contribution in [2.75, 3.05) is 18.6 Å². The number of amides is 1. The second-order valence-electron chi connectivity index (χ2n) is 3.39. The van der Waals surface area contributed by atoms with Gasteiger partial charge in [0.05, 0.1) is 19.5 Å².